The van der Waals surface area contributed by atoms with Gasteiger partial charge in [0.1, 0.15) is 0 Å². The number of hydrogen-bond donors (Lipinski definition) is 1. The highest BCUT2D eigenvalue weighted by molar-refractivity contribution is 6.35. The highest BCUT2D eigenvalue weighted by Gasteiger charge is 2.21. The highest BCUT2D eigenvalue weighted by Crippen LogP contribution is 2.28. The number of nitrogens with zero attached hydrogens (tertiary/aromatic N) is 1. The molecule has 0 saturated heterocycles. The van der Waals surface area contributed by atoms with Crippen molar-refractivity contribution in [2.24, 2.45) is 0 Å². The molecule has 1 aromatic carbocycles. The first-order valence-electron chi connectivity index (χ1n) is 4.34. The molecule has 1 aliphatic rings. The Morgan fingerprint density at radius 2 is 2.29 bits per heavy atom. The van der Waals surface area contributed by atoms with E-state index in [2.05, 4.69) is 5.32 Å². The normalized spacial score (nSPS) is 14.5. The summed E-state index contributed by atoms with van der Waals surface area (Å²) in [7, 11) is 0. The molecule has 1 aliphatic heterocycles. The van der Waals surface area contributed by atoms with Gasteiger partial charge in [-0.15, -0.1) is 0 Å². The number of carbonyl (C=O) groups is 1. The smallest absolute Gasteiger partial charge is 0.326 e. The molecule has 1 amide bonds. The number of benzene rings is 1. The van der Waals surface area contributed by atoms with Crippen LogP contribution in [0.2, 0.25) is 5.02 Å². The zero-order valence-electron chi connectivity index (χ0n) is 7.25. The zero-order chi connectivity index (χ0) is 9.71. The molecule has 0 atom stereocenters. The first-order chi connectivity index (χ1) is 6.77. The Labute approximate surface area is 85.3 Å². The van der Waals surface area contributed by atoms with Crippen molar-refractivity contribution in [1.82, 2.24) is 9.88 Å². The first kappa shape index (κ1) is 7.88. The van der Waals surface area contributed by atoms with E-state index in [1.54, 1.807) is 4.57 Å². The second-order valence-electron chi connectivity index (χ2n) is 3.30. The Hall–Kier alpha value is -1.48. The number of nitrogens with one attached hydrogen (secondary N) is 1. The molecule has 0 radical (unpaired) electrons. The lowest BCUT2D eigenvalue weighted by Gasteiger charge is -1.98. The fourth-order valence-corrected chi connectivity index (χ4v) is 2.09. The molecular formula is C10H7ClN2O. The molecule has 70 valence electrons. The van der Waals surface area contributed by atoms with Crippen LogP contribution in [0.4, 0.5) is 4.79 Å². The van der Waals surface area contributed by atoms with E-state index in [-0.39, 0.29) is 6.03 Å². The molecule has 1 aromatic heterocycles. The van der Waals surface area contributed by atoms with Crippen LogP contribution in [0.1, 0.15) is 5.69 Å². The molecule has 0 saturated carbocycles. The van der Waals surface area contributed by atoms with Crippen molar-refractivity contribution >= 4 is 28.5 Å². The maximum atomic E-state index is 11.5. The highest BCUT2D eigenvalue weighted by atomic mass is 35.5. The summed E-state index contributed by atoms with van der Waals surface area (Å²) in [5.74, 6) is 0. The fourth-order valence-electron chi connectivity index (χ4n) is 1.86. The van der Waals surface area contributed by atoms with Crippen LogP contribution in [0.5, 0.6) is 0 Å². The van der Waals surface area contributed by atoms with Gasteiger partial charge in [0.15, 0.2) is 0 Å². The van der Waals surface area contributed by atoms with Crippen LogP contribution >= 0.6 is 11.6 Å². The Bertz CT molecular complexity index is 544. The molecule has 0 fully saturated rings. The number of fused-ring (bicyclic) bond motifs is 3. The summed E-state index contributed by atoms with van der Waals surface area (Å²) in [4.78, 5) is 11.5. The van der Waals surface area contributed by atoms with E-state index < -0.39 is 0 Å². The lowest BCUT2D eigenvalue weighted by molar-refractivity contribution is 0.247. The number of halogens is 1. The Kier molecular flexibility index (Phi) is 1.42. The van der Waals surface area contributed by atoms with Gasteiger partial charge in [0.05, 0.1) is 12.1 Å². The minimum atomic E-state index is -0.0720. The van der Waals surface area contributed by atoms with Crippen molar-refractivity contribution in [3.63, 3.8) is 0 Å². The van der Waals surface area contributed by atoms with Crippen LogP contribution in [0.3, 0.4) is 0 Å². The summed E-state index contributed by atoms with van der Waals surface area (Å²) < 4.78 is 1.67. The van der Waals surface area contributed by atoms with Crippen molar-refractivity contribution in [2.75, 3.05) is 0 Å². The van der Waals surface area contributed by atoms with Crippen LogP contribution in [0.15, 0.2) is 24.3 Å². The van der Waals surface area contributed by atoms with Gasteiger partial charge in [-0.25, -0.2) is 4.79 Å². The quantitative estimate of drug-likeness (QED) is 0.706. The van der Waals surface area contributed by atoms with Gasteiger partial charge in [0.2, 0.25) is 0 Å². The number of carbonyl (C=O) groups excluding carboxylic acids is 1. The molecule has 0 spiro atoms. The van der Waals surface area contributed by atoms with Crippen LogP contribution in [0.25, 0.3) is 10.9 Å². The summed E-state index contributed by atoms with van der Waals surface area (Å²) in [6.07, 6.45) is 0. The summed E-state index contributed by atoms with van der Waals surface area (Å²) in [6.45, 7) is 0.587. The Balaban J connectivity index is 2.47. The van der Waals surface area contributed by atoms with Gasteiger partial charge in [-0.05, 0) is 18.2 Å². The fraction of sp³-hybridized carbons (Fsp3) is 0.100. The summed E-state index contributed by atoms with van der Waals surface area (Å²) in [5, 5.41) is 4.39. The largest absolute Gasteiger partial charge is 0.332 e. The van der Waals surface area contributed by atoms with Gasteiger partial charge in [0, 0.05) is 16.1 Å². The molecule has 14 heavy (non-hydrogen) atoms. The standard InChI is InChI=1S/C10H7ClN2O/c11-8-2-1-3-9-7(8)4-6-5-12-10(14)13(6)9/h1-4H,5H2,(H,12,14). The molecule has 2 aromatic rings. The SMILES string of the molecule is O=C1NCc2cc3c(Cl)cccc3n21. The predicted octanol–water partition coefficient (Wildman–Crippen LogP) is 2.37. The topological polar surface area (TPSA) is 34.0 Å². The van der Waals surface area contributed by atoms with E-state index >= 15 is 0 Å². The van der Waals surface area contributed by atoms with Gasteiger partial charge < -0.3 is 5.32 Å². The van der Waals surface area contributed by atoms with E-state index in [1.807, 2.05) is 24.3 Å². The molecular weight excluding hydrogens is 200 g/mol. The summed E-state index contributed by atoms with van der Waals surface area (Å²) in [5.41, 5.74) is 1.85. The first-order valence-corrected chi connectivity index (χ1v) is 4.72. The third-order valence-corrected chi connectivity index (χ3v) is 2.82. The number of amides is 1. The van der Waals surface area contributed by atoms with E-state index in [4.69, 9.17) is 11.6 Å². The van der Waals surface area contributed by atoms with E-state index in [9.17, 15) is 4.79 Å². The van der Waals surface area contributed by atoms with Gasteiger partial charge in [-0.1, -0.05) is 17.7 Å². The lowest BCUT2D eigenvalue weighted by atomic mass is 10.2. The molecule has 0 bridgehead atoms. The molecule has 0 unspecified atom stereocenters. The molecule has 4 heteroatoms. The minimum Gasteiger partial charge on any atom is -0.332 e. The minimum absolute atomic E-state index is 0.0720. The summed E-state index contributed by atoms with van der Waals surface area (Å²) >= 11 is 6.03. The van der Waals surface area contributed by atoms with Gasteiger partial charge >= 0.3 is 6.03 Å². The zero-order valence-corrected chi connectivity index (χ0v) is 8.01. The van der Waals surface area contributed by atoms with Crippen LogP contribution < -0.4 is 5.32 Å². The number of aromatic nitrogens is 1. The van der Waals surface area contributed by atoms with E-state index in [0.717, 1.165) is 16.6 Å². The molecule has 1 N–H and O–H groups in total. The van der Waals surface area contributed by atoms with Crippen LogP contribution in [-0.4, -0.2) is 10.6 Å². The summed E-state index contributed by atoms with van der Waals surface area (Å²) in [6, 6.07) is 7.46. The van der Waals surface area contributed by atoms with Crippen molar-refractivity contribution in [3.05, 3.63) is 35.0 Å². The number of hydrogen-bond acceptors (Lipinski definition) is 1. The van der Waals surface area contributed by atoms with Crippen molar-refractivity contribution in [2.45, 2.75) is 6.54 Å². The van der Waals surface area contributed by atoms with Gasteiger partial charge in [-0.2, -0.15) is 0 Å². The van der Waals surface area contributed by atoms with Crippen LogP contribution in [0, 0.1) is 0 Å². The third kappa shape index (κ3) is 0.849. The molecule has 3 nitrogen and oxygen atoms in total. The third-order valence-electron chi connectivity index (χ3n) is 2.49. The average Bonchev–Trinajstić information content (AvgIpc) is 2.68. The molecule has 2 heterocycles. The van der Waals surface area contributed by atoms with Crippen LogP contribution in [-0.2, 0) is 6.54 Å². The molecule has 0 aliphatic carbocycles. The van der Waals surface area contributed by atoms with E-state index in [1.165, 1.54) is 0 Å². The Morgan fingerprint density at radius 3 is 3.14 bits per heavy atom. The second-order valence-corrected chi connectivity index (χ2v) is 3.71. The maximum absolute atomic E-state index is 11.5. The number of rotatable bonds is 0. The van der Waals surface area contributed by atoms with E-state index in [0.29, 0.717) is 11.6 Å². The van der Waals surface area contributed by atoms with Crippen molar-refractivity contribution in [1.29, 1.82) is 0 Å². The molecule has 3 rings (SSSR count). The van der Waals surface area contributed by atoms with Gasteiger partial charge in [0.25, 0.3) is 0 Å². The predicted molar refractivity (Wildman–Crippen MR) is 54.6 cm³/mol. The van der Waals surface area contributed by atoms with Crippen molar-refractivity contribution < 1.29 is 4.79 Å². The van der Waals surface area contributed by atoms with Crippen molar-refractivity contribution in [3.8, 4) is 0 Å². The second kappa shape index (κ2) is 2.51. The Morgan fingerprint density at radius 1 is 1.43 bits per heavy atom. The maximum Gasteiger partial charge on any atom is 0.326 e. The lowest BCUT2D eigenvalue weighted by Crippen LogP contribution is -2.17. The monoisotopic (exact) mass is 206 g/mol. The average molecular weight is 207 g/mol. The van der Waals surface area contributed by atoms with Gasteiger partial charge in [-0.3, -0.25) is 4.57 Å².